The van der Waals surface area contributed by atoms with Gasteiger partial charge in [0.2, 0.25) is 0 Å². The largest absolute Gasteiger partial charge is 0.375 e. The van der Waals surface area contributed by atoms with Gasteiger partial charge in [0.25, 0.3) is 5.91 Å². The van der Waals surface area contributed by atoms with Crippen molar-refractivity contribution in [3.63, 3.8) is 0 Å². The van der Waals surface area contributed by atoms with Crippen molar-refractivity contribution in [3.8, 4) is 0 Å². The summed E-state index contributed by atoms with van der Waals surface area (Å²) >= 11 is 6.63. The third-order valence-corrected chi connectivity index (χ3v) is 5.71. The molecule has 0 aliphatic heterocycles. The Balaban J connectivity index is 2.10. The van der Waals surface area contributed by atoms with E-state index in [1.54, 1.807) is 23.9 Å². The Bertz CT molecular complexity index is 644. The maximum absolute atomic E-state index is 11.4. The van der Waals surface area contributed by atoms with Crippen molar-refractivity contribution in [1.29, 1.82) is 0 Å². The number of halogens is 1. The molecule has 1 amide bonds. The summed E-state index contributed by atoms with van der Waals surface area (Å²) < 4.78 is 1.99. The van der Waals surface area contributed by atoms with Gasteiger partial charge >= 0.3 is 0 Å². The highest BCUT2D eigenvalue weighted by Gasteiger charge is 2.10. The summed E-state index contributed by atoms with van der Waals surface area (Å²) in [4.78, 5) is 15.6. The molecule has 2 rings (SSSR count). The van der Waals surface area contributed by atoms with Gasteiger partial charge in [0.1, 0.15) is 0 Å². The third kappa shape index (κ3) is 3.51. The molecule has 2 aromatic rings. The van der Waals surface area contributed by atoms with Gasteiger partial charge in [-0.05, 0) is 24.6 Å². The van der Waals surface area contributed by atoms with Crippen LogP contribution in [0.3, 0.4) is 0 Å². The Morgan fingerprint density at radius 2 is 2.30 bits per heavy atom. The number of hydrazine groups is 1. The van der Waals surface area contributed by atoms with Crippen LogP contribution in [0.4, 0.5) is 5.13 Å². The fourth-order valence-electron chi connectivity index (χ4n) is 1.57. The molecule has 0 unspecified atom stereocenters. The molecule has 1 aromatic carbocycles. The van der Waals surface area contributed by atoms with Crippen LogP contribution >= 0.6 is 39.0 Å². The summed E-state index contributed by atoms with van der Waals surface area (Å²) in [5, 5.41) is 0.582. The summed E-state index contributed by atoms with van der Waals surface area (Å²) in [7, 11) is 0. The van der Waals surface area contributed by atoms with Gasteiger partial charge in [0, 0.05) is 15.8 Å². The number of nitrogens with one attached hydrogen (secondary N) is 1. The number of amides is 1. The molecule has 8 heteroatoms. The van der Waals surface area contributed by atoms with Gasteiger partial charge in [-0.25, -0.2) is 10.8 Å². The Hall–Kier alpha value is -1.09. The Morgan fingerprint density at radius 1 is 1.55 bits per heavy atom. The molecule has 1 aromatic heterocycles. The maximum atomic E-state index is 11.4. The number of nitrogens with two attached hydrogens (primary N) is 2. The van der Waals surface area contributed by atoms with Crippen LogP contribution in [0.2, 0.25) is 0 Å². The van der Waals surface area contributed by atoms with Crippen LogP contribution in [-0.4, -0.2) is 10.9 Å². The van der Waals surface area contributed by atoms with Crippen LogP contribution in [0.5, 0.6) is 0 Å². The molecule has 20 heavy (non-hydrogen) atoms. The summed E-state index contributed by atoms with van der Waals surface area (Å²) in [6.45, 7) is 1.94. The average molecular weight is 373 g/mol. The Labute approximate surface area is 133 Å². The zero-order chi connectivity index (χ0) is 14.7. The van der Waals surface area contributed by atoms with Crippen molar-refractivity contribution >= 4 is 50.1 Å². The fourth-order valence-corrected chi connectivity index (χ4v) is 4.30. The van der Waals surface area contributed by atoms with Crippen LogP contribution in [0.15, 0.2) is 26.9 Å². The van der Waals surface area contributed by atoms with Gasteiger partial charge in [0.05, 0.1) is 9.90 Å². The first kappa shape index (κ1) is 15.3. The van der Waals surface area contributed by atoms with Crippen LogP contribution in [-0.2, 0) is 5.75 Å². The van der Waals surface area contributed by atoms with E-state index in [1.165, 1.54) is 11.3 Å². The molecular weight excluding hydrogens is 360 g/mol. The Kier molecular flexibility index (Phi) is 5.03. The highest BCUT2D eigenvalue weighted by atomic mass is 79.9. The van der Waals surface area contributed by atoms with Gasteiger partial charge in [0.15, 0.2) is 5.13 Å². The highest BCUT2D eigenvalue weighted by molar-refractivity contribution is 9.10. The summed E-state index contributed by atoms with van der Waals surface area (Å²) in [6.07, 6.45) is 0. The number of rotatable bonds is 4. The van der Waals surface area contributed by atoms with E-state index < -0.39 is 0 Å². The van der Waals surface area contributed by atoms with E-state index in [0.717, 1.165) is 25.7 Å². The molecule has 106 valence electrons. The second kappa shape index (κ2) is 6.57. The minimum atomic E-state index is -0.309. The molecule has 0 fully saturated rings. The average Bonchev–Trinajstić information content (AvgIpc) is 2.74. The molecule has 0 saturated heterocycles. The number of carbonyl (C=O) groups is 1. The lowest BCUT2D eigenvalue weighted by Gasteiger charge is -2.06. The van der Waals surface area contributed by atoms with Crippen LogP contribution < -0.4 is 17.0 Å². The van der Waals surface area contributed by atoms with Crippen molar-refractivity contribution in [1.82, 2.24) is 10.4 Å². The number of thiazole rings is 1. The number of hydrogen-bond acceptors (Lipinski definition) is 6. The number of thioether (sulfide) groups is 1. The monoisotopic (exact) mass is 372 g/mol. The predicted octanol–water partition coefficient (Wildman–Crippen LogP) is 2.69. The number of aromatic nitrogens is 1. The number of benzene rings is 1. The van der Waals surface area contributed by atoms with Crippen molar-refractivity contribution < 1.29 is 4.79 Å². The first-order valence-electron chi connectivity index (χ1n) is 5.66. The second-order valence-electron chi connectivity index (χ2n) is 3.99. The molecule has 5 N–H and O–H groups in total. The van der Waals surface area contributed by atoms with Gasteiger partial charge in [-0.15, -0.1) is 11.8 Å². The molecule has 0 bridgehead atoms. The van der Waals surface area contributed by atoms with E-state index in [9.17, 15) is 4.79 Å². The molecule has 1 heterocycles. The van der Waals surface area contributed by atoms with Gasteiger partial charge < -0.3 is 5.73 Å². The van der Waals surface area contributed by atoms with Gasteiger partial charge in [-0.3, -0.25) is 10.2 Å². The quantitative estimate of drug-likeness (QED) is 0.332. The number of nitrogen functional groups attached to an aromatic ring is 2. The lowest BCUT2D eigenvalue weighted by molar-refractivity contribution is 0.0953. The lowest BCUT2D eigenvalue weighted by atomic mass is 10.1. The predicted molar refractivity (Wildman–Crippen MR) is 86.6 cm³/mol. The second-order valence-corrected chi connectivity index (χ2v) is 7.12. The van der Waals surface area contributed by atoms with Crippen LogP contribution in [0, 0.1) is 6.92 Å². The Morgan fingerprint density at radius 3 is 2.85 bits per heavy atom. The molecule has 0 aliphatic carbocycles. The molecule has 0 spiro atoms. The number of nitrogens with zero attached hydrogens (tertiary/aromatic N) is 1. The van der Waals surface area contributed by atoms with Crippen LogP contribution in [0.25, 0.3) is 0 Å². The molecular formula is C12H13BrN4OS2. The summed E-state index contributed by atoms with van der Waals surface area (Å²) in [6, 6.07) is 5.41. The van der Waals surface area contributed by atoms with E-state index in [1.807, 2.05) is 13.0 Å². The van der Waals surface area contributed by atoms with E-state index in [-0.39, 0.29) is 5.91 Å². The molecule has 5 nitrogen and oxygen atoms in total. The fraction of sp³-hybridized carbons (Fsp3) is 0.167. The van der Waals surface area contributed by atoms with Crippen molar-refractivity contribution in [2.24, 2.45) is 5.84 Å². The van der Waals surface area contributed by atoms with E-state index in [4.69, 9.17) is 11.6 Å². The first-order valence-corrected chi connectivity index (χ1v) is 8.26. The molecule has 0 radical (unpaired) electrons. The standard InChI is InChI=1S/C12H13BrN4OS2/c1-6-11(20-12(14)16-6)19-5-8-3-2-7(4-9(8)13)10(18)17-15/h2-4H,5,15H2,1H3,(H2,14,16)(H,17,18). The number of hydrogen-bond donors (Lipinski definition) is 3. The van der Waals surface area contributed by atoms with Gasteiger partial charge in [-0.1, -0.05) is 33.3 Å². The third-order valence-electron chi connectivity index (χ3n) is 2.58. The summed E-state index contributed by atoms with van der Waals surface area (Å²) in [5.41, 5.74) is 10.3. The number of anilines is 1. The number of aryl methyl sites for hydroxylation is 1. The van der Waals surface area contributed by atoms with Gasteiger partial charge in [-0.2, -0.15) is 0 Å². The first-order chi connectivity index (χ1) is 9.51. The van der Waals surface area contributed by atoms with Crippen LogP contribution in [0.1, 0.15) is 21.6 Å². The minimum absolute atomic E-state index is 0.309. The topological polar surface area (TPSA) is 94.0 Å². The van der Waals surface area contributed by atoms with E-state index in [0.29, 0.717) is 10.7 Å². The highest BCUT2D eigenvalue weighted by Crippen LogP contribution is 2.34. The zero-order valence-electron chi connectivity index (χ0n) is 10.6. The van der Waals surface area contributed by atoms with Crippen molar-refractivity contribution in [2.45, 2.75) is 16.9 Å². The smallest absolute Gasteiger partial charge is 0.265 e. The maximum Gasteiger partial charge on any atom is 0.265 e. The molecule has 0 atom stereocenters. The van der Waals surface area contributed by atoms with E-state index >= 15 is 0 Å². The zero-order valence-corrected chi connectivity index (χ0v) is 13.9. The number of carbonyl (C=O) groups excluding carboxylic acids is 1. The summed E-state index contributed by atoms with van der Waals surface area (Å²) in [5.74, 6) is 5.57. The SMILES string of the molecule is Cc1nc(N)sc1SCc1ccc(C(=O)NN)cc1Br. The van der Waals surface area contributed by atoms with Crippen molar-refractivity contribution in [3.05, 3.63) is 39.5 Å². The van der Waals surface area contributed by atoms with Crippen molar-refractivity contribution in [2.75, 3.05) is 5.73 Å². The lowest BCUT2D eigenvalue weighted by Crippen LogP contribution is -2.29. The molecule has 0 saturated carbocycles. The van der Waals surface area contributed by atoms with E-state index in [2.05, 4.69) is 26.3 Å². The molecule has 0 aliphatic rings. The normalized spacial score (nSPS) is 10.6. The minimum Gasteiger partial charge on any atom is -0.375 e.